The molecule has 0 aromatic heterocycles. The average molecular weight is 426 g/mol. The van der Waals surface area contributed by atoms with Gasteiger partial charge in [0.15, 0.2) is 0 Å². The minimum Gasteiger partial charge on any atom is -0.319 e. The molecule has 2 N–H and O–H groups in total. The van der Waals surface area contributed by atoms with Crippen LogP contribution >= 0.6 is 0 Å². The maximum atomic E-state index is 14.1. The van der Waals surface area contributed by atoms with Crippen LogP contribution in [0.25, 0.3) is 0 Å². The summed E-state index contributed by atoms with van der Waals surface area (Å²) in [5, 5.41) is 2.06. The Morgan fingerprint density at radius 3 is 2.41 bits per heavy atom. The Bertz CT molecular complexity index is 1010. The molecule has 0 heterocycles. The third-order valence-corrected chi connectivity index (χ3v) is 6.45. The van der Waals surface area contributed by atoms with E-state index in [1.807, 2.05) is 0 Å². The summed E-state index contributed by atoms with van der Waals surface area (Å²) < 4.78 is 68.5. The van der Waals surface area contributed by atoms with Gasteiger partial charge < -0.3 is 5.32 Å². The molecule has 0 radical (unpaired) electrons. The first kappa shape index (κ1) is 21.3. The van der Waals surface area contributed by atoms with Crippen LogP contribution in [-0.2, 0) is 10.0 Å². The highest BCUT2D eigenvalue weighted by molar-refractivity contribution is 7.89. The number of hydrogen-bond acceptors (Lipinski definition) is 3. The van der Waals surface area contributed by atoms with Gasteiger partial charge in [-0.05, 0) is 42.7 Å². The van der Waals surface area contributed by atoms with Crippen molar-refractivity contribution >= 4 is 21.6 Å². The van der Waals surface area contributed by atoms with E-state index < -0.39 is 44.6 Å². The van der Waals surface area contributed by atoms with Gasteiger partial charge in [-0.3, -0.25) is 4.79 Å². The van der Waals surface area contributed by atoms with E-state index in [9.17, 15) is 26.4 Å². The van der Waals surface area contributed by atoms with Crippen molar-refractivity contribution in [2.45, 2.75) is 37.0 Å². The monoisotopic (exact) mass is 426 g/mol. The zero-order chi connectivity index (χ0) is 21.0. The van der Waals surface area contributed by atoms with E-state index in [-0.39, 0.29) is 11.4 Å². The molecule has 0 unspecified atom stereocenters. The molecule has 2 aromatic carbocycles. The number of hydrogen-bond donors (Lipinski definition) is 2. The predicted octanol–water partition coefficient (Wildman–Crippen LogP) is 4.21. The number of nitrogens with one attached hydrogen (secondary N) is 2. The zero-order valence-corrected chi connectivity index (χ0v) is 16.4. The summed E-state index contributed by atoms with van der Waals surface area (Å²) in [5.41, 5.74) is -1.07. The van der Waals surface area contributed by atoms with E-state index >= 15 is 0 Å². The highest BCUT2D eigenvalue weighted by atomic mass is 32.2. The molecule has 3 rings (SSSR count). The molecule has 1 amide bonds. The van der Waals surface area contributed by atoms with E-state index in [4.69, 9.17) is 0 Å². The van der Waals surface area contributed by atoms with Crippen molar-refractivity contribution in [1.82, 2.24) is 4.72 Å². The van der Waals surface area contributed by atoms with Crippen molar-refractivity contribution in [2.75, 3.05) is 11.9 Å². The van der Waals surface area contributed by atoms with Gasteiger partial charge in [0.05, 0.1) is 16.1 Å². The van der Waals surface area contributed by atoms with E-state index in [1.54, 1.807) is 0 Å². The first-order valence-electron chi connectivity index (χ1n) is 9.32. The van der Waals surface area contributed by atoms with Gasteiger partial charge in [-0.1, -0.05) is 25.7 Å². The molecule has 1 fully saturated rings. The van der Waals surface area contributed by atoms with Crippen LogP contribution in [0.3, 0.4) is 0 Å². The fourth-order valence-electron chi connectivity index (χ4n) is 3.41. The van der Waals surface area contributed by atoms with Crippen LogP contribution in [0.2, 0.25) is 0 Å². The Morgan fingerprint density at radius 1 is 1.00 bits per heavy atom. The first-order valence-corrected chi connectivity index (χ1v) is 10.8. The van der Waals surface area contributed by atoms with Crippen molar-refractivity contribution in [1.29, 1.82) is 0 Å². The number of carbonyl (C=O) groups is 1. The highest BCUT2D eigenvalue weighted by Gasteiger charge is 2.21. The maximum absolute atomic E-state index is 14.1. The number of anilines is 1. The standard InChI is InChI=1S/C20H21F3N2O3S/c21-14-5-7-18(23)19(11-14)25-20(26)16-12-15(6-8-17(16)22)29(27,28)24-10-9-13-3-1-2-4-13/h5-8,11-13,24H,1-4,9-10H2,(H,25,26). The minimum atomic E-state index is -3.94. The molecule has 156 valence electrons. The molecule has 2 aromatic rings. The van der Waals surface area contributed by atoms with Gasteiger partial charge in [-0.25, -0.2) is 26.3 Å². The lowest BCUT2D eigenvalue weighted by molar-refractivity contribution is 0.102. The predicted molar refractivity (Wildman–Crippen MR) is 102 cm³/mol. The molecule has 29 heavy (non-hydrogen) atoms. The van der Waals surface area contributed by atoms with Crippen LogP contribution in [0, 0.1) is 23.4 Å². The summed E-state index contributed by atoms with van der Waals surface area (Å²) in [4.78, 5) is 12.0. The summed E-state index contributed by atoms with van der Waals surface area (Å²) >= 11 is 0. The maximum Gasteiger partial charge on any atom is 0.258 e. The summed E-state index contributed by atoms with van der Waals surface area (Å²) in [5.74, 6) is -3.27. The van der Waals surface area contributed by atoms with Crippen LogP contribution in [0.4, 0.5) is 18.9 Å². The molecule has 5 nitrogen and oxygen atoms in total. The van der Waals surface area contributed by atoms with E-state index in [1.165, 1.54) is 0 Å². The van der Waals surface area contributed by atoms with Gasteiger partial charge in [-0.2, -0.15) is 0 Å². The lowest BCUT2D eigenvalue weighted by atomic mass is 10.1. The Balaban J connectivity index is 1.74. The molecule has 9 heteroatoms. The van der Waals surface area contributed by atoms with Crippen molar-refractivity contribution < 1.29 is 26.4 Å². The molecule has 0 bridgehead atoms. The molecule has 0 aliphatic heterocycles. The quantitative estimate of drug-likeness (QED) is 0.696. The van der Waals surface area contributed by atoms with Crippen molar-refractivity contribution in [3.63, 3.8) is 0 Å². The smallest absolute Gasteiger partial charge is 0.258 e. The summed E-state index contributed by atoms with van der Waals surface area (Å²) in [6.45, 7) is 0.250. The van der Waals surface area contributed by atoms with Crippen LogP contribution in [0.15, 0.2) is 41.3 Å². The van der Waals surface area contributed by atoms with E-state index in [2.05, 4.69) is 10.0 Å². The molecule has 1 saturated carbocycles. The number of sulfonamides is 1. The third-order valence-electron chi connectivity index (χ3n) is 4.99. The molecule has 0 saturated heterocycles. The molecule has 0 atom stereocenters. The number of halogens is 3. The topological polar surface area (TPSA) is 75.3 Å². The Morgan fingerprint density at radius 2 is 1.69 bits per heavy atom. The SMILES string of the molecule is O=C(Nc1cc(F)ccc1F)c1cc(S(=O)(=O)NCCC2CCCC2)ccc1F. The van der Waals surface area contributed by atoms with Gasteiger partial charge >= 0.3 is 0 Å². The third kappa shape index (κ3) is 5.36. The lowest BCUT2D eigenvalue weighted by Gasteiger charge is -2.12. The fourth-order valence-corrected chi connectivity index (χ4v) is 4.48. The van der Waals surface area contributed by atoms with Gasteiger partial charge in [0, 0.05) is 12.6 Å². The molecule has 1 aliphatic carbocycles. The first-order chi connectivity index (χ1) is 13.8. The van der Waals surface area contributed by atoms with Gasteiger partial charge in [-0.15, -0.1) is 0 Å². The summed E-state index contributed by atoms with van der Waals surface area (Å²) in [6, 6.07) is 5.21. The number of rotatable bonds is 7. The summed E-state index contributed by atoms with van der Waals surface area (Å²) in [6.07, 6.45) is 5.19. The highest BCUT2D eigenvalue weighted by Crippen LogP contribution is 2.27. The zero-order valence-electron chi connectivity index (χ0n) is 15.6. The van der Waals surface area contributed by atoms with Crippen molar-refractivity contribution in [2.24, 2.45) is 5.92 Å². The van der Waals surface area contributed by atoms with Crippen LogP contribution in [0.1, 0.15) is 42.5 Å². The van der Waals surface area contributed by atoms with Crippen LogP contribution in [-0.4, -0.2) is 20.9 Å². The second-order valence-corrected chi connectivity index (χ2v) is 8.82. The Labute approximate surface area is 167 Å². The number of benzene rings is 2. The molecular weight excluding hydrogens is 405 g/mol. The fraction of sp³-hybridized carbons (Fsp3) is 0.350. The second kappa shape index (κ2) is 8.96. The van der Waals surface area contributed by atoms with Crippen LogP contribution in [0.5, 0.6) is 0 Å². The molecule has 1 aliphatic rings. The van der Waals surface area contributed by atoms with Gasteiger partial charge in [0.25, 0.3) is 5.91 Å². The Hall–Kier alpha value is -2.39. The average Bonchev–Trinajstić information content (AvgIpc) is 3.18. The second-order valence-electron chi connectivity index (χ2n) is 7.06. The van der Waals surface area contributed by atoms with E-state index in [0.29, 0.717) is 12.3 Å². The summed E-state index contributed by atoms with van der Waals surface area (Å²) in [7, 11) is -3.94. The Kier molecular flexibility index (Phi) is 6.59. The normalized spacial score (nSPS) is 14.9. The number of amides is 1. The largest absolute Gasteiger partial charge is 0.319 e. The van der Waals surface area contributed by atoms with Gasteiger partial charge in [0.2, 0.25) is 10.0 Å². The molecular formula is C20H21F3N2O3S. The van der Waals surface area contributed by atoms with Crippen molar-refractivity contribution in [3.8, 4) is 0 Å². The van der Waals surface area contributed by atoms with Crippen LogP contribution < -0.4 is 10.0 Å². The van der Waals surface area contributed by atoms with Gasteiger partial charge in [0.1, 0.15) is 17.5 Å². The van der Waals surface area contributed by atoms with Crippen molar-refractivity contribution in [3.05, 3.63) is 59.4 Å². The number of carbonyl (C=O) groups excluding carboxylic acids is 1. The van der Waals surface area contributed by atoms with E-state index in [0.717, 1.165) is 62.1 Å². The lowest BCUT2D eigenvalue weighted by Crippen LogP contribution is -2.26. The molecule has 0 spiro atoms. The minimum absolute atomic E-state index is 0.250.